The summed E-state index contributed by atoms with van der Waals surface area (Å²) in [6.07, 6.45) is 3.62. The number of thioether (sulfide) groups is 1. The Kier molecular flexibility index (Phi) is 4.71. The summed E-state index contributed by atoms with van der Waals surface area (Å²) in [5, 5.41) is 16.5. The summed E-state index contributed by atoms with van der Waals surface area (Å²) in [4.78, 5) is 11.9. The fourth-order valence-electron chi connectivity index (χ4n) is 3.23. The minimum absolute atomic E-state index is 0.0291. The minimum atomic E-state index is -0.0488. The predicted molar refractivity (Wildman–Crippen MR) is 111 cm³/mol. The molecule has 3 aromatic carbocycles. The molecule has 1 amide bonds. The summed E-state index contributed by atoms with van der Waals surface area (Å²) in [6.45, 7) is 2.08. The second kappa shape index (κ2) is 7.30. The van der Waals surface area contributed by atoms with E-state index in [9.17, 15) is 4.79 Å². The van der Waals surface area contributed by atoms with E-state index in [-0.39, 0.29) is 11.2 Å². The Balaban J connectivity index is 1.71. The number of nitrogens with one attached hydrogen (secondary N) is 1. The van der Waals surface area contributed by atoms with Gasteiger partial charge >= 0.3 is 0 Å². The first-order chi connectivity index (χ1) is 12.8. The lowest BCUT2D eigenvalue weighted by molar-refractivity contribution is -0.118. The number of hydrogen-bond acceptors (Lipinski definition) is 4. The van der Waals surface area contributed by atoms with E-state index in [4.69, 9.17) is 0 Å². The molecule has 0 saturated carbocycles. The Morgan fingerprint density at radius 2 is 1.73 bits per heavy atom. The topological polar surface area (TPSA) is 53.8 Å². The van der Waals surface area contributed by atoms with Crippen molar-refractivity contribution in [2.24, 2.45) is 10.2 Å². The fraction of sp³-hybridized carbons (Fsp3) is 0.190. The number of fused-ring (bicyclic) bond motifs is 2. The molecule has 4 nitrogen and oxygen atoms in total. The molecule has 3 aromatic rings. The summed E-state index contributed by atoms with van der Waals surface area (Å²) in [7, 11) is 0. The maximum atomic E-state index is 11.9. The van der Waals surface area contributed by atoms with Crippen LogP contribution < -0.4 is 5.32 Å². The van der Waals surface area contributed by atoms with E-state index in [0.717, 1.165) is 29.2 Å². The average molecular weight is 361 g/mol. The van der Waals surface area contributed by atoms with Crippen LogP contribution >= 0.6 is 11.8 Å². The van der Waals surface area contributed by atoms with Crippen LogP contribution in [0.4, 0.5) is 0 Å². The zero-order valence-electron chi connectivity index (χ0n) is 14.5. The van der Waals surface area contributed by atoms with Crippen molar-refractivity contribution < 1.29 is 4.79 Å². The van der Waals surface area contributed by atoms with Gasteiger partial charge in [0.2, 0.25) is 5.91 Å². The molecule has 1 atom stereocenters. The molecule has 1 saturated heterocycles. The normalized spacial score (nSPS) is 19.0. The Morgan fingerprint density at radius 3 is 2.38 bits per heavy atom. The highest BCUT2D eigenvalue weighted by atomic mass is 32.2. The van der Waals surface area contributed by atoms with Crippen molar-refractivity contribution in [2.75, 3.05) is 0 Å². The maximum Gasteiger partial charge on any atom is 0.239 e. The van der Waals surface area contributed by atoms with Crippen molar-refractivity contribution in [1.82, 2.24) is 5.32 Å². The fourth-order valence-corrected chi connectivity index (χ4v) is 4.27. The molecule has 26 heavy (non-hydrogen) atoms. The second-order valence-electron chi connectivity index (χ2n) is 6.27. The molecular weight excluding hydrogens is 342 g/mol. The van der Waals surface area contributed by atoms with E-state index < -0.39 is 0 Å². The van der Waals surface area contributed by atoms with Crippen LogP contribution in [0.15, 0.2) is 64.8 Å². The molecule has 0 aliphatic carbocycles. The van der Waals surface area contributed by atoms with E-state index in [1.165, 1.54) is 22.5 Å². The smallest absolute Gasteiger partial charge is 0.239 e. The van der Waals surface area contributed by atoms with E-state index in [2.05, 4.69) is 52.8 Å². The van der Waals surface area contributed by atoms with Crippen LogP contribution in [0.3, 0.4) is 0 Å². The number of benzene rings is 3. The number of hydrogen-bond donors (Lipinski definition) is 1. The summed E-state index contributed by atoms with van der Waals surface area (Å²) >= 11 is 1.46. The summed E-state index contributed by atoms with van der Waals surface area (Å²) in [5.74, 6) is 0.0291. The molecule has 0 spiro atoms. The first-order valence-electron chi connectivity index (χ1n) is 8.75. The van der Waals surface area contributed by atoms with Crippen molar-refractivity contribution in [3.8, 4) is 0 Å². The van der Waals surface area contributed by atoms with Crippen LogP contribution in [0.2, 0.25) is 0 Å². The molecule has 0 aromatic heterocycles. The van der Waals surface area contributed by atoms with Gasteiger partial charge in [-0.15, -0.1) is 5.10 Å². The molecular formula is C21H19N3OS. The highest BCUT2D eigenvalue weighted by Crippen LogP contribution is 2.27. The zero-order valence-corrected chi connectivity index (χ0v) is 15.3. The minimum Gasteiger partial charge on any atom is -0.303 e. The van der Waals surface area contributed by atoms with Gasteiger partial charge in [-0.1, -0.05) is 73.6 Å². The third-order valence-corrected chi connectivity index (χ3v) is 5.62. The first-order valence-corrected chi connectivity index (χ1v) is 9.63. The third kappa shape index (κ3) is 3.22. The monoisotopic (exact) mass is 361 g/mol. The van der Waals surface area contributed by atoms with E-state index in [1.807, 2.05) is 24.3 Å². The lowest BCUT2D eigenvalue weighted by Gasteiger charge is -2.07. The molecule has 1 fully saturated rings. The van der Waals surface area contributed by atoms with Crippen LogP contribution in [0.5, 0.6) is 0 Å². The van der Waals surface area contributed by atoms with Gasteiger partial charge in [0, 0.05) is 5.56 Å². The molecule has 130 valence electrons. The van der Waals surface area contributed by atoms with E-state index in [0.29, 0.717) is 5.17 Å². The molecule has 1 aliphatic heterocycles. The average Bonchev–Trinajstić information content (AvgIpc) is 3.01. The van der Waals surface area contributed by atoms with E-state index in [1.54, 1.807) is 6.21 Å². The Labute approximate surface area is 156 Å². The number of rotatable bonds is 4. The van der Waals surface area contributed by atoms with Crippen molar-refractivity contribution in [3.05, 3.63) is 60.2 Å². The molecule has 0 unspecified atom stereocenters. The Bertz CT molecular complexity index is 988. The zero-order chi connectivity index (χ0) is 17.9. The first kappa shape index (κ1) is 16.8. The largest absolute Gasteiger partial charge is 0.303 e. The number of nitrogens with zero attached hydrogens (tertiary/aromatic N) is 2. The van der Waals surface area contributed by atoms with E-state index >= 15 is 0 Å². The van der Waals surface area contributed by atoms with Crippen molar-refractivity contribution >= 4 is 50.6 Å². The molecule has 4 rings (SSSR count). The van der Waals surface area contributed by atoms with Crippen LogP contribution in [0.25, 0.3) is 21.5 Å². The van der Waals surface area contributed by atoms with Crippen molar-refractivity contribution in [2.45, 2.75) is 25.0 Å². The number of carbonyl (C=O) groups is 1. The lowest BCUT2D eigenvalue weighted by Crippen LogP contribution is -2.24. The summed E-state index contributed by atoms with van der Waals surface area (Å²) in [6, 6.07) is 18.7. The van der Waals surface area contributed by atoms with Gasteiger partial charge in [0.15, 0.2) is 5.17 Å². The van der Waals surface area contributed by atoms with Gasteiger partial charge in [-0.25, -0.2) is 0 Å². The van der Waals surface area contributed by atoms with Crippen LogP contribution in [-0.2, 0) is 4.79 Å². The summed E-state index contributed by atoms with van der Waals surface area (Å²) in [5.41, 5.74) is 1.04. The van der Waals surface area contributed by atoms with Gasteiger partial charge in [0.25, 0.3) is 0 Å². The third-order valence-electron chi connectivity index (χ3n) is 4.48. The van der Waals surface area contributed by atoms with Crippen molar-refractivity contribution in [1.29, 1.82) is 0 Å². The quantitative estimate of drug-likeness (QED) is 0.415. The molecule has 0 radical (unpaired) electrons. The standard InChI is InChI=1S/C21H19N3OS/c1-2-7-19-20(25)23-21(26-19)24-22-13-18-16-10-5-3-8-14(16)12-15-9-4-6-11-17(15)18/h3-6,8-13,19H,2,7H2,1H3,(H,23,24,25)/t19-/m0/s1. The highest BCUT2D eigenvalue weighted by molar-refractivity contribution is 8.15. The Hall–Kier alpha value is -2.66. The molecule has 1 N–H and O–H groups in total. The van der Waals surface area contributed by atoms with Crippen LogP contribution in [0.1, 0.15) is 25.3 Å². The summed E-state index contributed by atoms with van der Waals surface area (Å²) < 4.78 is 0. The highest BCUT2D eigenvalue weighted by Gasteiger charge is 2.29. The van der Waals surface area contributed by atoms with Gasteiger partial charge in [0.1, 0.15) is 0 Å². The number of carbonyl (C=O) groups excluding carboxylic acids is 1. The van der Waals surface area contributed by atoms with Crippen LogP contribution in [0, 0.1) is 0 Å². The van der Waals surface area contributed by atoms with Gasteiger partial charge in [0.05, 0.1) is 11.5 Å². The van der Waals surface area contributed by atoms with Gasteiger partial charge in [-0.2, -0.15) is 5.10 Å². The Morgan fingerprint density at radius 1 is 1.08 bits per heavy atom. The number of amidine groups is 1. The lowest BCUT2D eigenvalue weighted by atomic mass is 9.97. The SMILES string of the molecule is CCC[C@@H]1SC(=NN=Cc2c3ccccc3cc3ccccc23)NC1=O. The molecule has 0 bridgehead atoms. The van der Waals surface area contributed by atoms with Crippen molar-refractivity contribution in [3.63, 3.8) is 0 Å². The van der Waals surface area contributed by atoms with Gasteiger partial charge in [-0.05, 0) is 34.0 Å². The maximum absolute atomic E-state index is 11.9. The van der Waals surface area contributed by atoms with Crippen LogP contribution in [-0.4, -0.2) is 22.5 Å². The van der Waals surface area contributed by atoms with Gasteiger partial charge < -0.3 is 5.32 Å². The number of amides is 1. The molecule has 1 aliphatic rings. The molecule has 5 heteroatoms. The predicted octanol–water partition coefficient (Wildman–Crippen LogP) is 4.71. The van der Waals surface area contributed by atoms with Gasteiger partial charge in [-0.3, -0.25) is 4.79 Å². The second-order valence-corrected chi connectivity index (χ2v) is 7.46. The molecule has 1 heterocycles.